The van der Waals surface area contributed by atoms with E-state index in [1.165, 1.54) is 0 Å². The van der Waals surface area contributed by atoms with Crippen molar-refractivity contribution in [2.24, 2.45) is 0 Å². The summed E-state index contributed by atoms with van der Waals surface area (Å²) in [5.74, 6) is -0.137. The van der Waals surface area contributed by atoms with Crippen molar-refractivity contribution in [3.8, 4) is 0 Å². The number of aromatic nitrogens is 2. The molecule has 1 aromatic rings. The minimum atomic E-state index is -0.137. The van der Waals surface area contributed by atoms with Crippen LogP contribution in [0.1, 0.15) is 19.8 Å². The second-order valence-electron chi connectivity index (χ2n) is 3.43. The van der Waals surface area contributed by atoms with E-state index in [9.17, 15) is 4.79 Å². The van der Waals surface area contributed by atoms with Gasteiger partial charge in [0, 0.05) is 25.5 Å². The molecule has 1 N–H and O–H groups in total. The molecule has 0 amide bonds. The van der Waals surface area contributed by atoms with E-state index in [2.05, 4.69) is 10.4 Å². The van der Waals surface area contributed by atoms with Crippen LogP contribution in [0.3, 0.4) is 0 Å². The largest absolute Gasteiger partial charge is 0.466 e. The van der Waals surface area contributed by atoms with Gasteiger partial charge in [0.1, 0.15) is 0 Å². The van der Waals surface area contributed by atoms with E-state index in [-0.39, 0.29) is 5.97 Å². The molecule has 0 aliphatic rings. The summed E-state index contributed by atoms with van der Waals surface area (Å²) in [6.07, 6.45) is 5.16. The fourth-order valence-corrected chi connectivity index (χ4v) is 1.35. The summed E-state index contributed by atoms with van der Waals surface area (Å²) in [5, 5.41) is 7.30. The maximum absolute atomic E-state index is 11.0. The fraction of sp³-hybridized carbons (Fsp3) is 0.636. The van der Waals surface area contributed by atoms with Crippen molar-refractivity contribution in [1.82, 2.24) is 15.1 Å². The van der Waals surface area contributed by atoms with Crippen LogP contribution in [0.2, 0.25) is 0 Å². The molecule has 5 heteroatoms. The van der Waals surface area contributed by atoms with E-state index in [4.69, 9.17) is 4.74 Å². The second-order valence-corrected chi connectivity index (χ2v) is 3.43. The summed E-state index contributed by atoms with van der Waals surface area (Å²) >= 11 is 0. The molecular formula is C11H19N3O2. The smallest absolute Gasteiger partial charge is 0.307 e. The van der Waals surface area contributed by atoms with Crippen LogP contribution < -0.4 is 5.32 Å². The van der Waals surface area contributed by atoms with Gasteiger partial charge in [0.05, 0.1) is 13.0 Å². The number of rotatable bonds is 8. The molecule has 0 aliphatic heterocycles. The highest BCUT2D eigenvalue weighted by Crippen LogP contribution is 1.88. The van der Waals surface area contributed by atoms with Gasteiger partial charge in [-0.3, -0.25) is 9.48 Å². The minimum Gasteiger partial charge on any atom is -0.466 e. The number of hydrogen-bond acceptors (Lipinski definition) is 4. The molecule has 0 aliphatic carbocycles. The van der Waals surface area contributed by atoms with Gasteiger partial charge in [-0.25, -0.2) is 0 Å². The van der Waals surface area contributed by atoms with Gasteiger partial charge in [-0.15, -0.1) is 0 Å². The first-order valence-corrected chi connectivity index (χ1v) is 5.66. The summed E-state index contributed by atoms with van der Waals surface area (Å²) in [6.45, 7) is 4.74. The molecule has 0 bridgehead atoms. The second kappa shape index (κ2) is 7.87. The van der Waals surface area contributed by atoms with Gasteiger partial charge in [-0.1, -0.05) is 0 Å². The van der Waals surface area contributed by atoms with Crippen molar-refractivity contribution in [3.63, 3.8) is 0 Å². The number of hydrogen-bond donors (Lipinski definition) is 1. The molecule has 0 saturated heterocycles. The number of aryl methyl sites for hydroxylation is 1. The van der Waals surface area contributed by atoms with Crippen molar-refractivity contribution >= 4 is 5.97 Å². The normalized spacial score (nSPS) is 10.3. The molecule has 0 fully saturated rings. The van der Waals surface area contributed by atoms with Crippen LogP contribution in [0.25, 0.3) is 0 Å². The summed E-state index contributed by atoms with van der Waals surface area (Å²) < 4.78 is 6.71. The molecule has 1 heterocycles. The third-order valence-corrected chi connectivity index (χ3v) is 2.11. The molecule has 90 valence electrons. The highest BCUT2D eigenvalue weighted by molar-refractivity contribution is 5.69. The van der Waals surface area contributed by atoms with Crippen LogP contribution in [0.5, 0.6) is 0 Å². The molecule has 1 aromatic heterocycles. The lowest BCUT2D eigenvalue weighted by atomic mass is 10.4. The van der Waals surface area contributed by atoms with Crippen molar-refractivity contribution in [3.05, 3.63) is 18.5 Å². The van der Waals surface area contributed by atoms with Crippen LogP contribution in [-0.2, 0) is 16.1 Å². The zero-order valence-electron chi connectivity index (χ0n) is 9.69. The van der Waals surface area contributed by atoms with Gasteiger partial charge in [0.2, 0.25) is 0 Å². The summed E-state index contributed by atoms with van der Waals surface area (Å²) in [7, 11) is 0. The first-order valence-electron chi connectivity index (χ1n) is 5.66. The van der Waals surface area contributed by atoms with Gasteiger partial charge in [0.15, 0.2) is 0 Å². The van der Waals surface area contributed by atoms with Crippen LogP contribution >= 0.6 is 0 Å². The molecule has 16 heavy (non-hydrogen) atoms. The van der Waals surface area contributed by atoms with Gasteiger partial charge >= 0.3 is 5.97 Å². The number of nitrogens with zero attached hydrogens (tertiary/aromatic N) is 2. The molecule has 0 atom stereocenters. The molecule has 1 rings (SSSR count). The van der Waals surface area contributed by atoms with Gasteiger partial charge < -0.3 is 10.1 Å². The maximum atomic E-state index is 11.0. The number of esters is 1. The van der Waals surface area contributed by atoms with E-state index >= 15 is 0 Å². The number of carbonyl (C=O) groups is 1. The van der Waals surface area contributed by atoms with E-state index in [0.29, 0.717) is 19.6 Å². The lowest BCUT2D eigenvalue weighted by Crippen LogP contribution is -2.21. The Labute approximate surface area is 95.8 Å². The third kappa shape index (κ3) is 5.50. The number of nitrogens with one attached hydrogen (secondary N) is 1. The molecule has 0 spiro atoms. The van der Waals surface area contributed by atoms with Crippen molar-refractivity contribution in [2.75, 3.05) is 19.7 Å². The standard InChI is InChI=1S/C11H19N3O2/c1-2-16-11(15)5-8-12-6-3-9-14-10-4-7-13-14/h4,7,10,12H,2-3,5-6,8-9H2,1H3. The van der Waals surface area contributed by atoms with E-state index < -0.39 is 0 Å². The van der Waals surface area contributed by atoms with Crippen LogP contribution in [0.15, 0.2) is 18.5 Å². The Balaban J connectivity index is 1.90. The van der Waals surface area contributed by atoms with E-state index in [1.54, 1.807) is 6.20 Å². The predicted octanol–water partition coefficient (Wildman–Crippen LogP) is 0.816. The highest BCUT2D eigenvalue weighted by Gasteiger charge is 1.99. The third-order valence-electron chi connectivity index (χ3n) is 2.11. The molecule has 5 nitrogen and oxygen atoms in total. The lowest BCUT2D eigenvalue weighted by Gasteiger charge is -2.04. The first kappa shape index (κ1) is 12.7. The number of carbonyl (C=O) groups excluding carboxylic acids is 1. The van der Waals surface area contributed by atoms with E-state index in [1.807, 2.05) is 23.9 Å². The summed E-state index contributed by atoms with van der Waals surface area (Å²) in [4.78, 5) is 11.0. The molecule has 0 saturated carbocycles. The molecule has 0 unspecified atom stereocenters. The zero-order chi connectivity index (χ0) is 11.6. The van der Waals surface area contributed by atoms with E-state index in [0.717, 1.165) is 19.5 Å². The lowest BCUT2D eigenvalue weighted by molar-refractivity contribution is -0.142. The van der Waals surface area contributed by atoms with Crippen LogP contribution in [-0.4, -0.2) is 35.4 Å². The summed E-state index contributed by atoms with van der Waals surface area (Å²) in [6, 6.07) is 1.91. The topological polar surface area (TPSA) is 56.1 Å². The summed E-state index contributed by atoms with van der Waals surface area (Å²) in [5.41, 5.74) is 0. The average Bonchev–Trinajstić information content (AvgIpc) is 2.76. The Morgan fingerprint density at radius 2 is 2.38 bits per heavy atom. The number of ether oxygens (including phenoxy) is 1. The molecular weight excluding hydrogens is 206 g/mol. The molecule has 0 aromatic carbocycles. The Kier molecular flexibility index (Phi) is 6.25. The van der Waals surface area contributed by atoms with Gasteiger partial charge in [0.25, 0.3) is 0 Å². The monoisotopic (exact) mass is 225 g/mol. The Hall–Kier alpha value is -1.36. The fourth-order valence-electron chi connectivity index (χ4n) is 1.35. The highest BCUT2D eigenvalue weighted by atomic mass is 16.5. The SMILES string of the molecule is CCOC(=O)CCNCCCn1cccn1. The zero-order valence-corrected chi connectivity index (χ0v) is 9.69. The predicted molar refractivity (Wildman–Crippen MR) is 61.0 cm³/mol. The minimum absolute atomic E-state index is 0.137. The van der Waals surface area contributed by atoms with Gasteiger partial charge in [-0.05, 0) is 26.0 Å². The Bertz CT molecular complexity index is 285. The first-order chi connectivity index (χ1) is 7.83. The Morgan fingerprint density at radius 1 is 1.50 bits per heavy atom. The van der Waals surface area contributed by atoms with Crippen molar-refractivity contribution < 1.29 is 9.53 Å². The molecule has 0 radical (unpaired) electrons. The Morgan fingerprint density at radius 3 is 3.06 bits per heavy atom. The van der Waals surface area contributed by atoms with Crippen LogP contribution in [0.4, 0.5) is 0 Å². The average molecular weight is 225 g/mol. The van der Waals surface area contributed by atoms with Crippen molar-refractivity contribution in [1.29, 1.82) is 0 Å². The quantitative estimate of drug-likeness (QED) is 0.525. The van der Waals surface area contributed by atoms with Gasteiger partial charge in [-0.2, -0.15) is 5.10 Å². The van der Waals surface area contributed by atoms with Crippen LogP contribution in [0, 0.1) is 0 Å². The maximum Gasteiger partial charge on any atom is 0.307 e. The van der Waals surface area contributed by atoms with Crippen molar-refractivity contribution in [2.45, 2.75) is 26.3 Å².